The lowest BCUT2D eigenvalue weighted by molar-refractivity contribution is -0.134. The fourth-order valence-electron chi connectivity index (χ4n) is 4.07. The first kappa shape index (κ1) is 20.9. The second kappa shape index (κ2) is 9.23. The van der Waals surface area contributed by atoms with Crippen molar-refractivity contribution < 1.29 is 4.79 Å². The van der Waals surface area contributed by atoms with Gasteiger partial charge >= 0.3 is 0 Å². The van der Waals surface area contributed by atoms with Crippen molar-refractivity contribution in [2.75, 3.05) is 5.75 Å². The third kappa shape index (κ3) is 4.40. The van der Waals surface area contributed by atoms with Crippen molar-refractivity contribution in [3.8, 4) is 17.1 Å². The second-order valence-electron chi connectivity index (χ2n) is 7.70. The van der Waals surface area contributed by atoms with Crippen LogP contribution in [0.3, 0.4) is 0 Å². The van der Waals surface area contributed by atoms with Crippen LogP contribution in [-0.4, -0.2) is 43.4 Å². The van der Waals surface area contributed by atoms with Crippen molar-refractivity contribution >= 4 is 29.3 Å². The third-order valence-corrected chi connectivity index (χ3v) is 6.72. The maximum Gasteiger partial charge on any atom is 0.233 e. The number of likely N-dealkylation sites (tertiary alicyclic amines) is 1. The summed E-state index contributed by atoms with van der Waals surface area (Å²) in [5, 5.41) is 10.2. The largest absolute Gasteiger partial charge is 0.337 e. The van der Waals surface area contributed by atoms with Crippen molar-refractivity contribution in [2.45, 2.75) is 50.4 Å². The summed E-state index contributed by atoms with van der Waals surface area (Å²) in [5.41, 5.74) is 1.88. The fourth-order valence-corrected chi connectivity index (χ4v) is 5.02. The molecule has 0 radical (unpaired) electrons. The Bertz CT molecular complexity index is 996. The Labute approximate surface area is 186 Å². The van der Waals surface area contributed by atoms with E-state index in [1.54, 1.807) is 0 Å². The van der Waals surface area contributed by atoms with Crippen molar-refractivity contribution in [3.05, 3.63) is 59.6 Å². The number of thioether (sulfide) groups is 1. The first-order valence-electron chi connectivity index (χ1n) is 10.3. The van der Waals surface area contributed by atoms with E-state index in [9.17, 15) is 4.79 Å². The Hall–Kier alpha value is -2.31. The molecular weight excluding hydrogens is 416 g/mol. The Balaban J connectivity index is 1.62. The maximum absolute atomic E-state index is 13.0. The van der Waals surface area contributed by atoms with Crippen molar-refractivity contribution in [1.82, 2.24) is 19.7 Å². The van der Waals surface area contributed by atoms with Gasteiger partial charge in [0.2, 0.25) is 5.91 Å². The van der Waals surface area contributed by atoms with Gasteiger partial charge in [0.05, 0.1) is 5.75 Å². The molecule has 2 atom stereocenters. The summed E-state index contributed by atoms with van der Waals surface area (Å²) in [6, 6.07) is 18.1. The van der Waals surface area contributed by atoms with Gasteiger partial charge in [0.15, 0.2) is 11.0 Å². The van der Waals surface area contributed by atoms with Crippen molar-refractivity contribution in [2.24, 2.45) is 0 Å². The monoisotopic (exact) mass is 440 g/mol. The van der Waals surface area contributed by atoms with E-state index in [-0.39, 0.29) is 18.0 Å². The lowest BCUT2D eigenvalue weighted by Crippen LogP contribution is -2.48. The average molecular weight is 441 g/mol. The normalized spacial score (nSPS) is 19.1. The Morgan fingerprint density at radius 1 is 1.03 bits per heavy atom. The van der Waals surface area contributed by atoms with E-state index in [1.807, 2.05) is 64.1 Å². The van der Waals surface area contributed by atoms with E-state index in [0.717, 1.165) is 29.9 Å². The molecule has 0 bridgehead atoms. The number of carbonyl (C=O) groups is 1. The number of amides is 1. The molecule has 1 amide bonds. The van der Waals surface area contributed by atoms with Crippen LogP contribution in [0, 0.1) is 0 Å². The van der Waals surface area contributed by atoms with Crippen LogP contribution in [-0.2, 0) is 4.79 Å². The molecule has 1 saturated heterocycles. The van der Waals surface area contributed by atoms with Gasteiger partial charge in [-0.25, -0.2) is 0 Å². The van der Waals surface area contributed by atoms with Crippen LogP contribution in [0.1, 0.15) is 33.1 Å². The standard InChI is InChI=1S/C23H25ClN4OS/c1-16-7-6-8-17(2)27(16)21(29)15-30-23-26-25-22(18-9-4-3-5-10-18)28(23)20-13-11-19(24)12-14-20/h3-5,9-14,16-17H,6-8,15H2,1-2H3/t16-,17-/m0/s1. The van der Waals surface area contributed by atoms with Gasteiger partial charge in [-0.15, -0.1) is 10.2 Å². The molecule has 3 aromatic rings. The molecule has 1 aromatic heterocycles. The van der Waals surface area contributed by atoms with Crippen LogP contribution in [0.5, 0.6) is 0 Å². The van der Waals surface area contributed by atoms with Crippen LogP contribution in [0.25, 0.3) is 17.1 Å². The van der Waals surface area contributed by atoms with Crippen molar-refractivity contribution in [1.29, 1.82) is 0 Å². The van der Waals surface area contributed by atoms with E-state index in [4.69, 9.17) is 11.6 Å². The van der Waals surface area contributed by atoms with Gasteiger partial charge < -0.3 is 4.90 Å². The lowest BCUT2D eigenvalue weighted by Gasteiger charge is -2.39. The number of halogens is 1. The topological polar surface area (TPSA) is 51.0 Å². The predicted octanol–water partition coefficient (Wildman–Crippen LogP) is 5.47. The van der Waals surface area contributed by atoms with E-state index < -0.39 is 0 Å². The lowest BCUT2D eigenvalue weighted by atomic mass is 9.98. The van der Waals surface area contributed by atoms with Crippen LogP contribution < -0.4 is 0 Å². The minimum Gasteiger partial charge on any atom is -0.337 e. The molecule has 2 heterocycles. The van der Waals surface area contributed by atoms with Gasteiger partial charge in [0.25, 0.3) is 0 Å². The van der Waals surface area contributed by atoms with Gasteiger partial charge in [-0.3, -0.25) is 9.36 Å². The highest BCUT2D eigenvalue weighted by atomic mass is 35.5. The quantitative estimate of drug-likeness (QED) is 0.493. The molecule has 2 aromatic carbocycles. The van der Waals surface area contributed by atoms with Crippen molar-refractivity contribution in [3.63, 3.8) is 0 Å². The van der Waals surface area contributed by atoms with Gasteiger partial charge in [0.1, 0.15) is 0 Å². The number of rotatable bonds is 5. The molecule has 0 spiro atoms. The zero-order chi connectivity index (χ0) is 21.1. The molecule has 30 heavy (non-hydrogen) atoms. The summed E-state index contributed by atoms with van der Waals surface area (Å²) in [7, 11) is 0. The van der Waals surface area contributed by atoms with E-state index in [0.29, 0.717) is 15.9 Å². The highest BCUT2D eigenvalue weighted by molar-refractivity contribution is 7.99. The summed E-state index contributed by atoms with van der Waals surface area (Å²) >= 11 is 7.52. The molecule has 0 N–H and O–H groups in total. The number of piperidine rings is 1. The SMILES string of the molecule is C[C@H]1CCC[C@H](C)N1C(=O)CSc1nnc(-c2ccccc2)n1-c1ccc(Cl)cc1. The molecule has 0 unspecified atom stereocenters. The Kier molecular flexibility index (Phi) is 6.44. The van der Waals surface area contributed by atoms with Gasteiger partial charge in [-0.1, -0.05) is 53.7 Å². The summed E-state index contributed by atoms with van der Waals surface area (Å²) in [6.07, 6.45) is 3.32. The number of hydrogen-bond acceptors (Lipinski definition) is 4. The third-order valence-electron chi connectivity index (χ3n) is 5.56. The van der Waals surface area contributed by atoms with Gasteiger partial charge in [-0.05, 0) is 57.4 Å². The summed E-state index contributed by atoms with van der Waals surface area (Å²) in [5.74, 6) is 1.24. The smallest absolute Gasteiger partial charge is 0.233 e. The first-order valence-corrected chi connectivity index (χ1v) is 11.6. The average Bonchev–Trinajstić information content (AvgIpc) is 3.17. The number of nitrogens with zero attached hydrogens (tertiary/aromatic N) is 4. The van der Waals surface area contributed by atoms with E-state index >= 15 is 0 Å². The second-order valence-corrected chi connectivity index (χ2v) is 9.08. The molecule has 1 aliphatic rings. The maximum atomic E-state index is 13.0. The molecule has 156 valence electrons. The van der Waals surface area contributed by atoms with Gasteiger partial charge in [0, 0.05) is 28.4 Å². The number of hydrogen-bond donors (Lipinski definition) is 0. The van der Waals surface area contributed by atoms with Crippen LogP contribution >= 0.6 is 23.4 Å². The van der Waals surface area contributed by atoms with Crippen LogP contribution in [0.2, 0.25) is 5.02 Å². The molecule has 7 heteroatoms. The molecular formula is C23H25ClN4OS. The highest BCUT2D eigenvalue weighted by Gasteiger charge is 2.29. The number of benzene rings is 2. The minimum atomic E-state index is 0.159. The molecule has 1 aliphatic heterocycles. The predicted molar refractivity (Wildman–Crippen MR) is 122 cm³/mol. The molecule has 5 nitrogen and oxygen atoms in total. The number of aromatic nitrogens is 3. The summed E-state index contributed by atoms with van der Waals surface area (Å²) < 4.78 is 1.99. The van der Waals surface area contributed by atoms with Crippen LogP contribution in [0.4, 0.5) is 0 Å². The fraction of sp³-hybridized carbons (Fsp3) is 0.348. The molecule has 4 rings (SSSR count). The zero-order valence-electron chi connectivity index (χ0n) is 17.2. The number of carbonyl (C=O) groups excluding carboxylic acids is 1. The van der Waals surface area contributed by atoms with Crippen LogP contribution in [0.15, 0.2) is 59.8 Å². The van der Waals surface area contributed by atoms with E-state index in [1.165, 1.54) is 18.2 Å². The molecule has 1 fully saturated rings. The Morgan fingerprint density at radius 3 is 2.37 bits per heavy atom. The first-order chi connectivity index (χ1) is 14.5. The molecule has 0 aliphatic carbocycles. The Morgan fingerprint density at radius 2 is 1.70 bits per heavy atom. The van der Waals surface area contributed by atoms with E-state index in [2.05, 4.69) is 24.0 Å². The zero-order valence-corrected chi connectivity index (χ0v) is 18.7. The minimum absolute atomic E-state index is 0.159. The summed E-state index contributed by atoms with van der Waals surface area (Å²) in [4.78, 5) is 15.0. The summed E-state index contributed by atoms with van der Waals surface area (Å²) in [6.45, 7) is 4.28. The van der Waals surface area contributed by atoms with Gasteiger partial charge in [-0.2, -0.15) is 0 Å². The molecule has 0 saturated carbocycles. The highest BCUT2D eigenvalue weighted by Crippen LogP contribution is 2.30.